The molecule has 2 aromatic heterocycles. The monoisotopic (exact) mass is 383 g/mol. The molecule has 1 unspecified atom stereocenters. The Labute approximate surface area is 164 Å². The Bertz CT molecular complexity index is 931. The minimum Gasteiger partial charge on any atom is -0.493 e. The number of rotatable bonds is 8. The standard InChI is InChI=1S/C21H25N3O4/c1-14-10-15(2)24(23-14)17(18-6-5-9-28-18)13-22-21(25)12-16-7-8-19(26-3)20(11-16)27-4/h5-11,17H,12-13H2,1-4H3,(H,22,25). The Morgan fingerprint density at radius 1 is 1.18 bits per heavy atom. The molecule has 2 heterocycles. The first-order chi connectivity index (χ1) is 13.5. The van der Waals surface area contributed by atoms with E-state index in [1.54, 1.807) is 26.5 Å². The lowest BCUT2D eigenvalue weighted by atomic mass is 10.1. The molecule has 1 aromatic carbocycles. The van der Waals surface area contributed by atoms with Crippen molar-refractivity contribution in [3.8, 4) is 11.5 Å². The van der Waals surface area contributed by atoms with Crippen LogP contribution in [0.25, 0.3) is 0 Å². The molecule has 148 valence electrons. The largest absolute Gasteiger partial charge is 0.493 e. The number of ether oxygens (including phenoxy) is 2. The SMILES string of the molecule is COc1ccc(CC(=O)NCC(c2ccco2)n2nc(C)cc2C)cc1OC. The Kier molecular flexibility index (Phi) is 6.03. The number of nitrogens with one attached hydrogen (secondary N) is 1. The highest BCUT2D eigenvalue weighted by Gasteiger charge is 2.20. The third-order valence-electron chi connectivity index (χ3n) is 4.52. The average molecular weight is 383 g/mol. The molecule has 7 nitrogen and oxygen atoms in total. The summed E-state index contributed by atoms with van der Waals surface area (Å²) in [5.74, 6) is 1.89. The van der Waals surface area contributed by atoms with Crippen LogP contribution in [0.15, 0.2) is 47.1 Å². The second kappa shape index (κ2) is 8.65. The summed E-state index contributed by atoms with van der Waals surface area (Å²) in [6, 6.07) is 11.0. The van der Waals surface area contributed by atoms with E-state index in [0.717, 1.165) is 22.7 Å². The van der Waals surface area contributed by atoms with Crippen LogP contribution < -0.4 is 14.8 Å². The fraction of sp³-hybridized carbons (Fsp3) is 0.333. The van der Waals surface area contributed by atoms with E-state index >= 15 is 0 Å². The zero-order valence-electron chi connectivity index (χ0n) is 16.6. The minimum atomic E-state index is -0.210. The van der Waals surface area contributed by atoms with E-state index in [4.69, 9.17) is 13.9 Å². The van der Waals surface area contributed by atoms with Gasteiger partial charge in [0.25, 0.3) is 0 Å². The van der Waals surface area contributed by atoms with Crippen molar-refractivity contribution in [3.05, 3.63) is 65.4 Å². The summed E-state index contributed by atoms with van der Waals surface area (Å²) in [4.78, 5) is 12.5. The number of nitrogens with zero attached hydrogens (tertiary/aromatic N) is 2. The van der Waals surface area contributed by atoms with Gasteiger partial charge in [-0.3, -0.25) is 9.48 Å². The Morgan fingerprint density at radius 3 is 2.57 bits per heavy atom. The van der Waals surface area contributed by atoms with Crippen LogP contribution in [0.4, 0.5) is 0 Å². The van der Waals surface area contributed by atoms with Crippen molar-refractivity contribution >= 4 is 5.91 Å². The number of benzene rings is 1. The van der Waals surface area contributed by atoms with Gasteiger partial charge in [-0.1, -0.05) is 6.07 Å². The highest BCUT2D eigenvalue weighted by atomic mass is 16.5. The van der Waals surface area contributed by atoms with E-state index in [0.29, 0.717) is 18.0 Å². The predicted octanol–water partition coefficient (Wildman–Crippen LogP) is 3.06. The molecule has 1 atom stereocenters. The van der Waals surface area contributed by atoms with Crippen LogP contribution in [0.3, 0.4) is 0 Å². The molecule has 0 aliphatic heterocycles. The summed E-state index contributed by atoms with van der Waals surface area (Å²) in [7, 11) is 3.15. The van der Waals surface area contributed by atoms with Gasteiger partial charge in [0.15, 0.2) is 11.5 Å². The van der Waals surface area contributed by atoms with Crippen molar-refractivity contribution < 1.29 is 18.7 Å². The molecular weight excluding hydrogens is 358 g/mol. The van der Waals surface area contributed by atoms with Crippen molar-refractivity contribution in [2.24, 2.45) is 0 Å². The molecule has 28 heavy (non-hydrogen) atoms. The Morgan fingerprint density at radius 2 is 1.96 bits per heavy atom. The average Bonchev–Trinajstić information content (AvgIpc) is 3.32. The fourth-order valence-electron chi connectivity index (χ4n) is 3.20. The number of furan rings is 1. The second-order valence-electron chi connectivity index (χ2n) is 6.57. The number of carbonyl (C=O) groups is 1. The first-order valence-electron chi connectivity index (χ1n) is 9.05. The fourth-order valence-corrected chi connectivity index (χ4v) is 3.20. The van der Waals surface area contributed by atoms with Gasteiger partial charge in [-0.2, -0.15) is 5.10 Å². The summed E-state index contributed by atoms with van der Waals surface area (Å²) >= 11 is 0. The summed E-state index contributed by atoms with van der Waals surface area (Å²) in [6.45, 7) is 4.31. The van der Waals surface area contributed by atoms with Crippen LogP contribution in [-0.2, 0) is 11.2 Å². The molecule has 0 saturated carbocycles. The van der Waals surface area contributed by atoms with E-state index in [-0.39, 0.29) is 18.4 Å². The van der Waals surface area contributed by atoms with Crippen LogP contribution in [0.5, 0.6) is 11.5 Å². The summed E-state index contributed by atoms with van der Waals surface area (Å²) in [5.41, 5.74) is 2.77. The van der Waals surface area contributed by atoms with E-state index in [2.05, 4.69) is 10.4 Å². The Balaban J connectivity index is 1.70. The Hall–Kier alpha value is -3.22. The van der Waals surface area contributed by atoms with Gasteiger partial charge in [0.1, 0.15) is 11.8 Å². The maximum atomic E-state index is 12.5. The third kappa shape index (κ3) is 4.36. The number of hydrogen-bond donors (Lipinski definition) is 1. The van der Waals surface area contributed by atoms with Gasteiger partial charge in [0, 0.05) is 12.2 Å². The molecule has 3 rings (SSSR count). The van der Waals surface area contributed by atoms with Crippen LogP contribution >= 0.6 is 0 Å². The first kappa shape index (κ1) is 19.5. The molecule has 1 N–H and O–H groups in total. The van der Waals surface area contributed by atoms with Gasteiger partial charge in [-0.25, -0.2) is 0 Å². The maximum Gasteiger partial charge on any atom is 0.224 e. The lowest BCUT2D eigenvalue weighted by Crippen LogP contribution is -2.33. The van der Waals surface area contributed by atoms with Crippen LogP contribution in [0.2, 0.25) is 0 Å². The first-order valence-corrected chi connectivity index (χ1v) is 9.05. The minimum absolute atomic E-state index is 0.0923. The van der Waals surface area contributed by atoms with Crippen molar-refractivity contribution in [2.75, 3.05) is 20.8 Å². The van der Waals surface area contributed by atoms with E-state index in [1.807, 2.05) is 48.9 Å². The molecule has 0 bridgehead atoms. The van der Waals surface area contributed by atoms with E-state index in [1.165, 1.54) is 0 Å². The quantitative estimate of drug-likeness (QED) is 0.647. The van der Waals surface area contributed by atoms with Crippen molar-refractivity contribution in [2.45, 2.75) is 26.3 Å². The predicted molar refractivity (Wildman–Crippen MR) is 105 cm³/mol. The molecule has 0 radical (unpaired) electrons. The van der Waals surface area contributed by atoms with Gasteiger partial charge < -0.3 is 19.2 Å². The summed E-state index contributed by atoms with van der Waals surface area (Å²) < 4.78 is 18.0. The molecule has 0 fully saturated rings. The topological polar surface area (TPSA) is 78.5 Å². The lowest BCUT2D eigenvalue weighted by molar-refractivity contribution is -0.120. The molecule has 0 spiro atoms. The number of amides is 1. The number of aromatic nitrogens is 2. The van der Waals surface area contributed by atoms with Crippen molar-refractivity contribution in [3.63, 3.8) is 0 Å². The molecule has 0 saturated heterocycles. The highest BCUT2D eigenvalue weighted by molar-refractivity contribution is 5.78. The van der Waals surface area contributed by atoms with Crippen molar-refractivity contribution in [1.29, 1.82) is 0 Å². The highest BCUT2D eigenvalue weighted by Crippen LogP contribution is 2.27. The summed E-state index contributed by atoms with van der Waals surface area (Å²) in [6.07, 6.45) is 1.86. The molecule has 0 aliphatic rings. The number of hydrogen-bond acceptors (Lipinski definition) is 5. The van der Waals surface area contributed by atoms with Crippen LogP contribution in [-0.4, -0.2) is 36.5 Å². The van der Waals surface area contributed by atoms with Gasteiger partial charge in [0.05, 0.1) is 32.6 Å². The molecular formula is C21H25N3O4. The van der Waals surface area contributed by atoms with Crippen molar-refractivity contribution in [1.82, 2.24) is 15.1 Å². The van der Waals surface area contributed by atoms with Gasteiger partial charge in [-0.05, 0) is 49.7 Å². The normalized spacial score (nSPS) is 11.9. The smallest absolute Gasteiger partial charge is 0.224 e. The molecule has 0 aliphatic carbocycles. The zero-order chi connectivity index (χ0) is 20.1. The zero-order valence-corrected chi connectivity index (χ0v) is 16.6. The number of aryl methyl sites for hydroxylation is 2. The van der Waals surface area contributed by atoms with E-state index in [9.17, 15) is 4.79 Å². The maximum absolute atomic E-state index is 12.5. The van der Waals surface area contributed by atoms with E-state index < -0.39 is 0 Å². The van der Waals surface area contributed by atoms with Crippen LogP contribution in [0.1, 0.15) is 28.8 Å². The molecule has 7 heteroatoms. The molecule has 3 aromatic rings. The van der Waals surface area contributed by atoms with Crippen LogP contribution in [0, 0.1) is 13.8 Å². The molecule has 1 amide bonds. The summed E-state index contributed by atoms with van der Waals surface area (Å²) in [5, 5.41) is 7.53. The lowest BCUT2D eigenvalue weighted by Gasteiger charge is -2.18. The van der Waals surface area contributed by atoms with Gasteiger partial charge >= 0.3 is 0 Å². The number of methoxy groups -OCH3 is 2. The third-order valence-corrected chi connectivity index (χ3v) is 4.52. The number of carbonyl (C=O) groups excluding carboxylic acids is 1. The second-order valence-corrected chi connectivity index (χ2v) is 6.57. The van der Waals surface area contributed by atoms with Gasteiger partial charge in [-0.15, -0.1) is 0 Å². The van der Waals surface area contributed by atoms with Gasteiger partial charge in [0.2, 0.25) is 5.91 Å².